The second-order valence-corrected chi connectivity index (χ2v) is 14.3. The molecule has 0 unspecified atom stereocenters. The van der Waals surface area contributed by atoms with Crippen molar-refractivity contribution in [1.29, 1.82) is 0 Å². The normalized spacial score (nSPS) is 13.0. The van der Waals surface area contributed by atoms with E-state index in [2.05, 4.69) is 21.2 Å². The number of halogens is 4. The Balaban J connectivity index is 1.85. The van der Waals surface area contributed by atoms with E-state index in [-0.39, 0.29) is 29.6 Å². The van der Waals surface area contributed by atoms with Gasteiger partial charge in [0.2, 0.25) is 11.8 Å². The highest BCUT2D eigenvalue weighted by molar-refractivity contribution is 9.10. The van der Waals surface area contributed by atoms with Crippen LogP contribution in [0.4, 0.5) is 18.9 Å². The number of amides is 2. The Morgan fingerprint density at radius 2 is 1.52 bits per heavy atom. The zero-order valence-corrected chi connectivity index (χ0v) is 29.1. The van der Waals surface area contributed by atoms with Crippen LogP contribution in [-0.2, 0) is 38.8 Å². The van der Waals surface area contributed by atoms with Crippen molar-refractivity contribution >= 4 is 43.5 Å². The van der Waals surface area contributed by atoms with Gasteiger partial charge in [-0.15, -0.1) is 0 Å². The van der Waals surface area contributed by atoms with Crippen molar-refractivity contribution in [2.75, 3.05) is 10.8 Å². The maximum absolute atomic E-state index is 14.5. The quantitative estimate of drug-likeness (QED) is 0.154. The summed E-state index contributed by atoms with van der Waals surface area (Å²) in [6, 6.07) is 24.5. The van der Waals surface area contributed by atoms with E-state index >= 15 is 0 Å². The first-order chi connectivity index (χ1) is 22.7. The molecule has 0 aliphatic rings. The highest BCUT2D eigenvalue weighted by Crippen LogP contribution is 2.33. The fourth-order valence-corrected chi connectivity index (χ4v) is 6.88. The molecule has 254 valence electrons. The van der Waals surface area contributed by atoms with Gasteiger partial charge in [0.15, 0.2) is 0 Å². The summed E-state index contributed by atoms with van der Waals surface area (Å²) in [7, 11) is -4.56. The van der Waals surface area contributed by atoms with Crippen molar-refractivity contribution in [1.82, 2.24) is 10.2 Å². The molecule has 0 aliphatic heterocycles. The molecule has 0 heterocycles. The first-order valence-electron chi connectivity index (χ1n) is 15.3. The third-order valence-corrected chi connectivity index (χ3v) is 10.1. The molecule has 2 amide bonds. The molecule has 0 aromatic heterocycles. The Kier molecular flexibility index (Phi) is 12.1. The Morgan fingerprint density at radius 3 is 2.15 bits per heavy atom. The van der Waals surface area contributed by atoms with Gasteiger partial charge in [0, 0.05) is 23.5 Å². The summed E-state index contributed by atoms with van der Waals surface area (Å²) in [6.45, 7) is 4.56. The maximum atomic E-state index is 14.5. The number of benzene rings is 4. The molecule has 12 heteroatoms. The molecule has 0 saturated heterocycles. The molecule has 0 aliphatic carbocycles. The minimum atomic E-state index is -4.76. The number of nitrogens with zero attached hydrogens (tertiary/aromatic N) is 2. The van der Waals surface area contributed by atoms with Crippen molar-refractivity contribution in [3.05, 3.63) is 130 Å². The molecule has 0 saturated carbocycles. The van der Waals surface area contributed by atoms with Gasteiger partial charge in [-0.3, -0.25) is 13.9 Å². The Hall–Kier alpha value is -4.16. The molecule has 48 heavy (non-hydrogen) atoms. The van der Waals surface area contributed by atoms with E-state index in [1.807, 2.05) is 44.2 Å². The number of hydrogen-bond acceptors (Lipinski definition) is 4. The highest BCUT2D eigenvalue weighted by atomic mass is 79.9. The zero-order chi connectivity index (χ0) is 35.1. The minimum Gasteiger partial charge on any atom is -0.352 e. The summed E-state index contributed by atoms with van der Waals surface area (Å²) in [5, 5.41) is 2.95. The van der Waals surface area contributed by atoms with Crippen LogP contribution in [0.15, 0.2) is 112 Å². The third kappa shape index (κ3) is 9.47. The molecular weight excluding hydrogens is 707 g/mol. The van der Waals surface area contributed by atoms with Crippen LogP contribution in [0.1, 0.15) is 42.5 Å². The topological polar surface area (TPSA) is 86.8 Å². The number of hydrogen-bond donors (Lipinski definition) is 1. The summed E-state index contributed by atoms with van der Waals surface area (Å²) in [4.78, 5) is 29.5. The standard InChI is InChI=1S/C36H37BrF3N3O4S/c1-4-26(3)41-35(45)33(21-27-10-6-5-7-11-27)42(23-28-12-8-14-30(37)20-28)34(44)24-43(31-15-9-13-29(22-31)36(38,39)40)48(46,47)32-18-16-25(2)17-19-32/h5-20,22,26,33H,4,21,23-24H2,1-3H3,(H,41,45)/t26-,33-/m0/s1. The van der Waals surface area contributed by atoms with Crippen LogP contribution >= 0.6 is 15.9 Å². The molecule has 4 aromatic rings. The van der Waals surface area contributed by atoms with Crippen molar-refractivity contribution in [3.63, 3.8) is 0 Å². The number of sulfonamides is 1. The number of anilines is 1. The summed E-state index contributed by atoms with van der Waals surface area (Å²) in [5.41, 5.74) is 0.768. The van der Waals surface area contributed by atoms with Gasteiger partial charge in [-0.2, -0.15) is 13.2 Å². The molecule has 0 spiro atoms. The number of aryl methyl sites for hydroxylation is 1. The van der Waals surface area contributed by atoms with Crippen LogP contribution < -0.4 is 9.62 Å². The second kappa shape index (κ2) is 15.8. The average Bonchev–Trinajstić information content (AvgIpc) is 3.05. The smallest absolute Gasteiger partial charge is 0.352 e. The number of rotatable bonds is 13. The lowest BCUT2D eigenvalue weighted by Crippen LogP contribution is -2.54. The summed E-state index contributed by atoms with van der Waals surface area (Å²) < 4.78 is 71.1. The number of carbonyl (C=O) groups excluding carboxylic acids is 2. The summed E-state index contributed by atoms with van der Waals surface area (Å²) in [5.74, 6) is -1.22. The third-order valence-electron chi connectivity index (χ3n) is 7.86. The monoisotopic (exact) mass is 743 g/mol. The number of carbonyl (C=O) groups is 2. The van der Waals surface area contributed by atoms with Crippen LogP contribution in [0.5, 0.6) is 0 Å². The Bertz CT molecular complexity index is 1820. The maximum Gasteiger partial charge on any atom is 0.416 e. The zero-order valence-electron chi connectivity index (χ0n) is 26.7. The molecule has 1 N–H and O–H groups in total. The summed E-state index contributed by atoms with van der Waals surface area (Å²) >= 11 is 3.44. The largest absolute Gasteiger partial charge is 0.416 e. The summed E-state index contributed by atoms with van der Waals surface area (Å²) in [6.07, 6.45) is -4.03. The van der Waals surface area contributed by atoms with Crippen molar-refractivity contribution in [2.24, 2.45) is 0 Å². The fourth-order valence-electron chi connectivity index (χ4n) is 5.03. The van der Waals surface area contributed by atoms with E-state index < -0.39 is 46.2 Å². The van der Waals surface area contributed by atoms with Crippen molar-refractivity contribution < 1.29 is 31.2 Å². The van der Waals surface area contributed by atoms with E-state index in [1.165, 1.54) is 23.1 Å². The minimum absolute atomic E-state index is 0.0787. The van der Waals surface area contributed by atoms with Gasteiger partial charge < -0.3 is 10.2 Å². The van der Waals surface area contributed by atoms with Gasteiger partial charge in [0.25, 0.3) is 10.0 Å². The van der Waals surface area contributed by atoms with Gasteiger partial charge in [-0.25, -0.2) is 8.42 Å². The molecular formula is C36H37BrF3N3O4S. The predicted octanol–water partition coefficient (Wildman–Crippen LogP) is 7.53. The van der Waals surface area contributed by atoms with E-state index in [1.54, 1.807) is 43.3 Å². The first-order valence-corrected chi connectivity index (χ1v) is 17.6. The van der Waals surface area contributed by atoms with Crippen molar-refractivity contribution in [2.45, 2.75) is 63.3 Å². The molecule has 0 radical (unpaired) electrons. The lowest BCUT2D eigenvalue weighted by atomic mass is 10.0. The molecule has 0 bridgehead atoms. The number of nitrogens with one attached hydrogen (secondary N) is 1. The van der Waals surface area contributed by atoms with E-state index in [9.17, 15) is 31.2 Å². The van der Waals surface area contributed by atoms with Gasteiger partial charge in [-0.05, 0) is 73.9 Å². The van der Waals surface area contributed by atoms with Crippen LogP contribution in [0.25, 0.3) is 0 Å². The van der Waals surface area contributed by atoms with E-state index in [4.69, 9.17) is 0 Å². The van der Waals surface area contributed by atoms with Crippen LogP contribution in [0.3, 0.4) is 0 Å². The van der Waals surface area contributed by atoms with Crippen LogP contribution in [-0.4, -0.2) is 43.8 Å². The SMILES string of the molecule is CC[C@H](C)NC(=O)[C@H](Cc1ccccc1)N(Cc1cccc(Br)c1)C(=O)CN(c1cccc(C(F)(F)F)c1)S(=O)(=O)c1ccc(C)cc1. The lowest BCUT2D eigenvalue weighted by molar-refractivity contribution is -0.140. The molecule has 0 fully saturated rings. The Labute approximate surface area is 287 Å². The first kappa shape index (κ1) is 36.7. The van der Waals surface area contributed by atoms with Gasteiger partial charge >= 0.3 is 6.18 Å². The van der Waals surface area contributed by atoms with Gasteiger partial charge in [0.1, 0.15) is 12.6 Å². The van der Waals surface area contributed by atoms with Crippen molar-refractivity contribution in [3.8, 4) is 0 Å². The van der Waals surface area contributed by atoms with Gasteiger partial charge in [0.05, 0.1) is 16.1 Å². The number of alkyl halides is 3. The molecule has 2 atom stereocenters. The second-order valence-electron chi connectivity index (χ2n) is 11.5. The van der Waals surface area contributed by atoms with Crippen LogP contribution in [0.2, 0.25) is 0 Å². The van der Waals surface area contributed by atoms with Gasteiger partial charge in [-0.1, -0.05) is 89.1 Å². The highest BCUT2D eigenvalue weighted by Gasteiger charge is 2.36. The lowest BCUT2D eigenvalue weighted by Gasteiger charge is -2.34. The predicted molar refractivity (Wildman–Crippen MR) is 184 cm³/mol. The van der Waals surface area contributed by atoms with E-state index in [0.29, 0.717) is 22.4 Å². The van der Waals surface area contributed by atoms with E-state index in [0.717, 1.165) is 27.7 Å². The average molecular weight is 745 g/mol. The fraction of sp³-hybridized carbons (Fsp3) is 0.278. The molecule has 4 aromatic carbocycles. The molecule has 7 nitrogen and oxygen atoms in total. The van der Waals surface area contributed by atoms with Crippen LogP contribution in [0, 0.1) is 6.92 Å². The molecule has 4 rings (SSSR count). The Morgan fingerprint density at radius 1 is 0.875 bits per heavy atom.